The van der Waals surface area contributed by atoms with Crippen LogP contribution < -0.4 is 10.1 Å². The molecule has 2 aliphatic rings. The van der Waals surface area contributed by atoms with Crippen molar-refractivity contribution in [3.8, 4) is 28.0 Å². The molecule has 5 rings (SSSR count). The summed E-state index contributed by atoms with van der Waals surface area (Å²) in [5, 5.41) is 3.46. The Kier molecular flexibility index (Phi) is 7.45. The molecule has 1 fully saturated rings. The second kappa shape index (κ2) is 10.7. The number of piperidine rings is 1. The van der Waals surface area contributed by atoms with E-state index in [1.807, 2.05) is 0 Å². The lowest BCUT2D eigenvalue weighted by Gasteiger charge is -2.34. The molecule has 0 radical (unpaired) electrons. The molecule has 4 heteroatoms. The Morgan fingerprint density at radius 1 is 0.917 bits per heavy atom. The average Bonchev–Trinajstić information content (AvgIpc) is 2.88. The third-order valence-electron chi connectivity index (χ3n) is 8.09. The third kappa shape index (κ3) is 5.50. The summed E-state index contributed by atoms with van der Waals surface area (Å²) in [5.74, 6) is 0.952. The topological polar surface area (TPSA) is 24.5 Å². The Bertz CT molecular complexity index is 1210. The highest BCUT2D eigenvalue weighted by Gasteiger charge is 2.29. The van der Waals surface area contributed by atoms with E-state index in [9.17, 15) is 4.39 Å². The summed E-state index contributed by atoms with van der Waals surface area (Å²) in [5.41, 5.74) is 9.46. The lowest BCUT2D eigenvalue weighted by molar-refractivity contribution is 0.0715. The molecule has 0 unspecified atom stereocenters. The average molecular weight is 487 g/mol. The number of rotatable bonds is 7. The molecule has 0 aliphatic carbocycles. The van der Waals surface area contributed by atoms with Gasteiger partial charge in [-0.25, -0.2) is 4.39 Å². The maximum atomic E-state index is 14.0. The monoisotopic (exact) mass is 486 g/mol. The quantitative estimate of drug-likeness (QED) is 0.369. The van der Waals surface area contributed by atoms with Crippen molar-refractivity contribution in [3.63, 3.8) is 0 Å². The molecule has 36 heavy (non-hydrogen) atoms. The number of halogens is 1. The van der Waals surface area contributed by atoms with Crippen LogP contribution in [-0.4, -0.2) is 43.4 Å². The maximum absolute atomic E-state index is 14.0. The van der Waals surface area contributed by atoms with Gasteiger partial charge in [-0.2, -0.15) is 0 Å². The number of hydrogen-bond donors (Lipinski definition) is 1. The molecule has 0 bridgehead atoms. The van der Waals surface area contributed by atoms with Gasteiger partial charge in [0.15, 0.2) is 0 Å². The van der Waals surface area contributed by atoms with Gasteiger partial charge in [0, 0.05) is 26.2 Å². The first-order chi connectivity index (χ1) is 17.4. The first-order valence-corrected chi connectivity index (χ1v) is 13.5. The van der Waals surface area contributed by atoms with E-state index < -0.39 is 5.67 Å². The Morgan fingerprint density at radius 2 is 1.64 bits per heavy atom. The van der Waals surface area contributed by atoms with Crippen LogP contribution in [0.25, 0.3) is 22.3 Å². The fraction of sp³-hybridized carbons (Fsp3) is 0.438. The van der Waals surface area contributed by atoms with Crippen LogP contribution in [0.2, 0.25) is 0 Å². The van der Waals surface area contributed by atoms with Gasteiger partial charge < -0.3 is 15.0 Å². The third-order valence-corrected chi connectivity index (χ3v) is 8.09. The predicted octanol–water partition coefficient (Wildman–Crippen LogP) is 6.88. The molecule has 0 spiro atoms. The summed E-state index contributed by atoms with van der Waals surface area (Å²) >= 11 is 0. The molecule has 1 saturated heterocycles. The largest absolute Gasteiger partial charge is 0.493 e. The fourth-order valence-electron chi connectivity index (χ4n) is 5.66. The van der Waals surface area contributed by atoms with Crippen LogP contribution in [0.4, 0.5) is 4.39 Å². The molecule has 190 valence electrons. The number of ether oxygens (including phenoxy) is 1. The highest BCUT2D eigenvalue weighted by Crippen LogP contribution is 2.37. The minimum atomic E-state index is -0.989. The van der Waals surface area contributed by atoms with Crippen molar-refractivity contribution < 1.29 is 9.13 Å². The number of likely N-dealkylation sites (tertiary alicyclic amines) is 1. The second-order valence-electron chi connectivity index (χ2n) is 10.8. The van der Waals surface area contributed by atoms with Crippen molar-refractivity contribution in [1.82, 2.24) is 10.2 Å². The van der Waals surface area contributed by atoms with Gasteiger partial charge in [0.05, 0.1) is 6.61 Å². The summed E-state index contributed by atoms with van der Waals surface area (Å²) in [4.78, 5) is 2.36. The van der Waals surface area contributed by atoms with Gasteiger partial charge in [-0.3, -0.25) is 0 Å². The van der Waals surface area contributed by atoms with Gasteiger partial charge in [-0.05, 0) is 104 Å². The van der Waals surface area contributed by atoms with Crippen molar-refractivity contribution in [2.75, 3.05) is 32.8 Å². The number of fused-ring (bicyclic) bond motifs is 1. The summed E-state index contributed by atoms with van der Waals surface area (Å²) in [6.45, 7) is 11.5. The maximum Gasteiger partial charge on any atom is 0.122 e. The van der Waals surface area contributed by atoms with Gasteiger partial charge in [0.1, 0.15) is 11.4 Å². The summed E-state index contributed by atoms with van der Waals surface area (Å²) in [7, 11) is 0. The molecule has 0 atom stereocenters. The van der Waals surface area contributed by atoms with E-state index in [1.165, 1.54) is 44.5 Å². The Balaban J connectivity index is 1.29. The van der Waals surface area contributed by atoms with Crippen LogP contribution in [-0.2, 0) is 13.0 Å². The zero-order chi connectivity index (χ0) is 25.1. The first-order valence-electron chi connectivity index (χ1n) is 13.5. The minimum absolute atomic E-state index is 0.635. The van der Waals surface area contributed by atoms with Gasteiger partial charge in [-0.1, -0.05) is 48.5 Å². The number of hydrogen-bond acceptors (Lipinski definition) is 3. The van der Waals surface area contributed by atoms with Crippen LogP contribution in [0.5, 0.6) is 5.75 Å². The lowest BCUT2D eigenvalue weighted by Crippen LogP contribution is -2.40. The van der Waals surface area contributed by atoms with Crippen LogP contribution in [0.1, 0.15) is 48.4 Å². The molecule has 3 aromatic rings. The highest BCUT2D eigenvalue weighted by molar-refractivity contribution is 5.80. The van der Waals surface area contributed by atoms with Gasteiger partial charge in [0.25, 0.3) is 0 Å². The first kappa shape index (κ1) is 25.0. The zero-order valence-electron chi connectivity index (χ0n) is 22.0. The van der Waals surface area contributed by atoms with E-state index in [1.54, 1.807) is 6.92 Å². The molecular formula is C32H39FN2O. The summed E-state index contributed by atoms with van der Waals surface area (Å²) in [6.07, 6.45) is 3.31. The second-order valence-corrected chi connectivity index (χ2v) is 10.8. The Morgan fingerprint density at radius 3 is 2.44 bits per heavy atom. The van der Waals surface area contributed by atoms with Crippen molar-refractivity contribution in [2.24, 2.45) is 0 Å². The molecule has 3 aromatic carbocycles. The van der Waals surface area contributed by atoms with E-state index in [4.69, 9.17) is 4.74 Å². The Labute approximate surface area is 215 Å². The van der Waals surface area contributed by atoms with Crippen molar-refractivity contribution >= 4 is 0 Å². The van der Waals surface area contributed by atoms with Gasteiger partial charge >= 0.3 is 0 Å². The molecule has 2 aliphatic heterocycles. The molecule has 3 nitrogen and oxygen atoms in total. The van der Waals surface area contributed by atoms with Crippen LogP contribution in [0, 0.1) is 13.8 Å². The molecular weight excluding hydrogens is 447 g/mol. The SMILES string of the molecule is Cc1c(OCCCN2CCC(C)(F)CC2)cccc1-c1cccc(-c2ccc3c(c2)CCNC3)c1C. The standard InChI is InChI=1S/C32H39FN2O/c1-23-28(26-11-12-27-22-34-16-13-25(27)21-26)7-4-8-29(23)30-9-5-10-31(24(30)2)36-20-6-17-35-18-14-32(3,33)15-19-35/h4-5,7-12,21,34H,6,13-20,22H2,1-3H3. The van der Waals surface area contributed by atoms with Crippen molar-refractivity contribution in [1.29, 1.82) is 0 Å². The van der Waals surface area contributed by atoms with E-state index in [0.717, 1.165) is 51.3 Å². The molecule has 0 amide bonds. The summed E-state index contributed by atoms with van der Waals surface area (Å²) < 4.78 is 20.3. The Hall–Kier alpha value is -2.69. The van der Waals surface area contributed by atoms with E-state index >= 15 is 0 Å². The predicted molar refractivity (Wildman–Crippen MR) is 147 cm³/mol. The minimum Gasteiger partial charge on any atom is -0.493 e. The van der Waals surface area contributed by atoms with Gasteiger partial charge in [0.2, 0.25) is 0 Å². The van der Waals surface area contributed by atoms with Crippen LogP contribution >= 0.6 is 0 Å². The molecule has 0 saturated carbocycles. The number of nitrogens with zero attached hydrogens (tertiary/aromatic N) is 1. The van der Waals surface area contributed by atoms with Crippen LogP contribution in [0.15, 0.2) is 54.6 Å². The van der Waals surface area contributed by atoms with E-state index in [2.05, 4.69) is 78.7 Å². The van der Waals surface area contributed by atoms with Crippen molar-refractivity contribution in [3.05, 3.63) is 76.9 Å². The molecule has 0 aromatic heterocycles. The van der Waals surface area contributed by atoms with E-state index in [0.29, 0.717) is 19.4 Å². The van der Waals surface area contributed by atoms with Crippen molar-refractivity contribution in [2.45, 2.75) is 58.7 Å². The summed E-state index contributed by atoms with van der Waals surface area (Å²) in [6, 6.07) is 19.9. The number of alkyl halides is 1. The highest BCUT2D eigenvalue weighted by atomic mass is 19.1. The van der Waals surface area contributed by atoms with Gasteiger partial charge in [-0.15, -0.1) is 0 Å². The fourth-order valence-corrected chi connectivity index (χ4v) is 5.66. The lowest BCUT2D eigenvalue weighted by atomic mass is 9.89. The smallest absolute Gasteiger partial charge is 0.122 e. The van der Waals surface area contributed by atoms with E-state index in [-0.39, 0.29) is 0 Å². The van der Waals surface area contributed by atoms with Crippen LogP contribution in [0.3, 0.4) is 0 Å². The zero-order valence-corrected chi connectivity index (χ0v) is 22.0. The normalized spacial score (nSPS) is 17.6. The number of benzene rings is 3. The molecule has 2 heterocycles. The molecule has 1 N–H and O–H groups in total. The number of nitrogens with one attached hydrogen (secondary N) is 1.